The maximum atomic E-state index is 12.4. The predicted octanol–water partition coefficient (Wildman–Crippen LogP) is 1.76. The summed E-state index contributed by atoms with van der Waals surface area (Å²) in [5.74, 6) is -0.582. The number of nitrogens with one attached hydrogen (secondary N) is 1. The monoisotopic (exact) mass is 358 g/mol. The number of carbonyl (C=O) groups excluding carboxylic acids is 1. The smallest absolute Gasteiger partial charge is 0.317 e. The number of urea groups is 1. The van der Waals surface area contributed by atoms with E-state index in [1.807, 2.05) is 6.07 Å². The minimum atomic E-state index is -0.745. The standard InChI is InChI=1S/C18H22N4O4/c19-9-12-1-6-16(20-10-12)26-15-7-8-22(11-15)18(25)21-14-4-2-13(3-5-14)17(23)24/h1,6,10,13-15H,2-5,7-8,11H2,(H,21,25)(H,23,24). The average Bonchev–Trinajstić information content (AvgIpc) is 3.11. The van der Waals surface area contributed by atoms with Crippen LogP contribution in [0.4, 0.5) is 4.79 Å². The quantitative estimate of drug-likeness (QED) is 0.847. The van der Waals surface area contributed by atoms with Crippen molar-refractivity contribution in [1.82, 2.24) is 15.2 Å². The number of ether oxygens (including phenoxy) is 1. The topological polar surface area (TPSA) is 116 Å². The Kier molecular flexibility index (Phi) is 5.56. The molecule has 8 nitrogen and oxygen atoms in total. The number of pyridine rings is 1. The average molecular weight is 358 g/mol. The summed E-state index contributed by atoms with van der Waals surface area (Å²) in [7, 11) is 0. The Hall–Kier alpha value is -2.82. The van der Waals surface area contributed by atoms with Gasteiger partial charge in [-0.3, -0.25) is 4.79 Å². The van der Waals surface area contributed by atoms with E-state index < -0.39 is 5.97 Å². The summed E-state index contributed by atoms with van der Waals surface area (Å²) in [5.41, 5.74) is 0.474. The molecule has 1 saturated heterocycles. The fourth-order valence-electron chi connectivity index (χ4n) is 3.45. The van der Waals surface area contributed by atoms with Gasteiger partial charge in [0.25, 0.3) is 0 Å². The molecule has 1 aromatic heterocycles. The molecule has 1 aliphatic carbocycles. The fourth-order valence-corrected chi connectivity index (χ4v) is 3.45. The van der Waals surface area contributed by atoms with Gasteiger partial charge in [-0.2, -0.15) is 5.26 Å². The molecule has 2 aliphatic rings. The Labute approximate surface area is 151 Å². The van der Waals surface area contributed by atoms with Crippen LogP contribution in [0.5, 0.6) is 5.88 Å². The first kappa shape index (κ1) is 18.0. The van der Waals surface area contributed by atoms with Crippen LogP contribution in [0.25, 0.3) is 0 Å². The van der Waals surface area contributed by atoms with Gasteiger partial charge < -0.3 is 20.1 Å². The van der Waals surface area contributed by atoms with Crippen LogP contribution >= 0.6 is 0 Å². The van der Waals surface area contributed by atoms with E-state index in [-0.39, 0.29) is 24.1 Å². The maximum Gasteiger partial charge on any atom is 0.317 e. The Balaban J connectivity index is 1.44. The number of rotatable bonds is 4. The summed E-state index contributed by atoms with van der Waals surface area (Å²) in [5, 5.41) is 20.8. The van der Waals surface area contributed by atoms with Gasteiger partial charge in [-0.15, -0.1) is 0 Å². The van der Waals surface area contributed by atoms with Crippen LogP contribution in [0.3, 0.4) is 0 Å². The van der Waals surface area contributed by atoms with E-state index in [0.29, 0.717) is 50.2 Å². The van der Waals surface area contributed by atoms with Crippen molar-refractivity contribution < 1.29 is 19.4 Å². The van der Waals surface area contributed by atoms with Gasteiger partial charge in [0, 0.05) is 31.3 Å². The second kappa shape index (κ2) is 8.04. The van der Waals surface area contributed by atoms with Crippen molar-refractivity contribution in [2.75, 3.05) is 13.1 Å². The zero-order valence-electron chi connectivity index (χ0n) is 14.4. The molecular weight excluding hydrogens is 336 g/mol. The van der Waals surface area contributed by atoms with Gasteiger partial charge >= 0.3 is 12.0 Å². The number of aliphatic carboxylic acids is 1. The van der Waals surface area contributed by atoms with Crippen LogP contribution in [0.15, 0.2) is 18.3 Å². The second-order valence-corrected chi connectivity index (χ2v) is 6.81. The van der Waals surface area contributed by atoms with E-state index in [9.17, 15) is 9.59 Å². The van der Waals surface area contributed by atoms with Crippen molar-refractivity contribution in [1.29, 1.82) is 5.26 Å². The van der Waals surface area contributed by atoms with Gasteiger partial charge in [0.2, 0.25) is 5.88 Å². The third-order valence-corrected chi connectivity index (χ3v) is 4.99. The number of nitrogens with zero attached hydrogens (tertiary/aromatic N) is 3. The van der Waals surface area contributed by atoms with E-state index in [2.05, 4.69) is 10.3 Å². The molecule has 1 unspecified atom stereocenters. The first-order chi connectivity index (χ1) is 12.5. The van der Waals surface area contributed by atoms with Gasteiger partial charge in [0.05, 0.1) is 18.0 Å². The van der Waals surface area contributed by atoms with Gasteiger partial charge in [-0.1, -0.05) is 0 Å². The zero-order valence-corrected chi connectivity index (χ0v) is 14.4. The van der Waals surface area contributed by atoms with Crippen LogP contribution < -0.4 is 10.1 Å². The SMILES string of the molecule is N#Cc1ccc(OC2CCN(C(=O)NC3CCC(C(=O)O)CC3)C2)nc1. The number of carbonyl (C=O) groups is 2. The molecular formula is C18H22N4O4. The zero-order chi connectivity index (χ0) is 18.5. The number of hydrogen-bond donors (Lipinski definition) is 2. The molecule has 0 aromatic carbocycles. The highest BCUT2D eigenvalue weighted by Crippen LogP contribution is 2.25. The van der Waals surface area contributed by atoms with Crippen molar-refractivity contribution in [3.05, 3.63) is 23.9 Å². The van der Waals surface area contributed by atoms with E-state index in [1.165, 1.54) is 6.20 Å². The number of aromatic nitrogens is 1. The first-order valence-electron chi connectivity index (χ1n) is 8.86. The maximum absolute atomic E-state index is 12.4. The molecule has 0 bridgehead atoms. The summed E-state index contributed by atoms with van der Waals surface area (Å²) in [6.07, 6.45) is 4.68. The van der Waals surface area contributed by atoms with Crippen molar-refractivity contribution in [2.45, 2.75) is 44.2 Å². The largest absolute Gasteiger partial charge is 0.481 e. The molecule has 1 atom stereocenters. The third-order valence-electron chi connectivity index (χ3n) is 4.99. The van der Waals surface area contributed by atoms with Crippen molar-refractivity contribution >= 4 is 12.0 Å². The van der Waals surface area contributed by atoms with Crippen molar-refractivity contribution in [3.63, 3.8) is 0 Å². The van der Waals surface area contributed by atoms with E-state index in [1.54, 1.807) is 17.0 Å². The summed E-state index contributed by atoms with van der Waals surface area (Å²) in [6, 6.07) is 5.23. The molecule has 0 radical (unpaired) electrons. The van der Waals surface area contributed by atoms with Crippen LogP contribution in [0.1, 0.15) is 37.7 Å². The Morgan fingerprint density at radius 1 is 1.27 bits per heavy atom. The van der Waals surface area contributed by atoms with Crippen molar-refractivity contribution in [3.8, 4) is 11.9 Å². The van der Waals surface area contributed by atoms with E-state index in [4.69, 9.17) is 15.1 Å². The van der Waals surface area contributed by atoms with E-state index in [0.717, 1.165) is 6.42 Å². The number of carboxylic acid groups (broad SMARTS) is 1. The van der Waals surface area contributed by atoms with Crippen molar-refractivity contribution in [2.24, 2.45) is 5.92 Å². The lowest BCUT2D eigenvalue weighted by Crippen LogP contribution is -2.46. The van der Waals surface area contributed by atoms with E-state index >= 15 is 0 Å². The van der Waals surface area contributed by atoms with Crippen LogP contribution in [0, 0.1) is 17.2 Å². The fraction of sp³-hybridized carbons (Fsp3) is 0.556. The second-order valence-electron chi connectivity index (χ2n) is 6.81. The summed E-state index contributed by atoms with van der Waals surface area (Å²) in [6.45, 7) is 1.09. The minimum Gasteiger partial charge on any atom is -0.481 e. The molecule has 2 amide bonds. The van der Waals surface area contributed by atoms with Crippen LogP contribution in [-0.4, -0.2) is 52.2 Å². The Bertz CT molecular complexity index is 692. The number of nitriles is 1. The number of likely N-dealkylation sites (tertiary alicyclic amines) is 1. The molecule has 1 saturated carbocycles. The lowest BCUT2D eigenvalue weighted by atomic mass is 9.86. The molecule has 3 rings (SSSR count). The molecule has 1 aromatic rings. The van der Waals surface area contributed by atoms with Gasteiger partial charge in [-0.25, -0.2) is 9.78 Å². The summed E-state index contributed by atoms with van der Waals surface area (Å²) in [4.78, 5) is 29.2. The van der Waals surface area contributed by atoms with Gasteiger partial charge in [0.15, 0.2) is 0 Å². The molecule has 1 aliphatic heterocycles. The predicted molar refractivity (Wildman–Crippen MR) is 91.5 cm³/mol. The highest BCUT2D eigenvalue weighted by atomic mass is 16.5. The molecule has 0 spiro atoms. The lowest BCUT2D eigenvalue weighted by Gasteiger charge is -2.28. The number of hydrogen-bond acceptors (Lipinski definition) is 5. The normalized spacial score (nSPS) is 25.3. The first-order valence-corrected chi connectivity index (χ1v) is 8.86. The van der Waals surface area contributed by atoms with Crippen LogP contribution in [0.2, 0.25) is 0 Å². The molecule has 2 fully saturated rings. The Morgan fingerprint density at radius 2 is 2.04 bits per heavy atom. The summed E-state index contributed by atoms with van der Waals surface area (Å²) < 4.78 is 5.78. The highest BCUT2D eigenvalue weighted by Gasteiger charge is 2.31. The molecule has 26 heavy (non-hydrogen) atoms. The molecule has 2 N–H and O–H groups in total. The highest BCUT2D eigenvalue weighted by molar-refractivity contribution is 5.75. The third kappa shape index (κ3) is 4.42. The molecule has 138 valence electrons. The minimum absolute atomic E-state index is 0.0401. The number of amides is 2. The molecule has 8 heteroatoms. The lowest BCUT2D eigenvalue weighted by molar-refractivity contribution is -0.142. The Morgan fingerprint density at radius 3 is 2.65 bits per heavy atom. The number of carboxylic acids is 1. The molecule has 2 heterocycles. The van der Waals surface area contributed by atoms with Gasteiger partial charge in [0.1, 0.15) is 12.2 Å². The van der Waals surface area contributed by atoms with Crippen LogP contribution in [-0.2, 0) is 4.79 Å². The summed E-state index contributed by atoms with van der Waals surface area (Å²) >= 11 is 0. The van der Waals surface area contributed by atoms with Gasteiger partial charge in [-0.05, 0) is 31.7 Å².